The number of nitriles is 1. The molecule has 0 aromatic carbocycles. The van der Waals surface area contributed by atoms with Crippen molar-refractivity contribution in [1.82, 2.24) is 0 Å². The first-order chi connectivity index (χ1) is 10.8. The largest absolute Gasteiger partial charge is 0.469 e. The normalized spacial score (nSPS) is 46.3. The van der Waals surface area contributed by atoms with E-state index in [0.717, 1.165) is 38.5 Å². The molecule has 0 aliphatic heterocycles. The second-order valence-corrected chi connectivity index (χ2v) is 8.43. The van der Waals surface area contributed by atoms with E-state index in [-0.39, 0.29) is 29.0 Å². The fraction of sp³-hybridized carbons (Fsp3) is 0.842. The highest BCUT2D eigenvalue weighted by Gasteiger charge is 2.64. The Morgan fingerprint density at radius 3 is 2.61 bits per heavy atom. The third-order valence-corrected chi connectivity index (χ3v) is 7.42. The third-order valence-electron chi connectivity index (χ3n) is 7.42. The lowest BCUT2D eigenvalue weighted by molar-refractivity contribution is -0.180. The second-order valence-electron chi connectivity index (χ2n) is 8.43. The summed E-state index contributed by atoms with van der Waals surface area (Å²) in [6.07, 6.45) is 6.29. The van der Waals surface area contributed by atoms with E-state index in [4.69, 9.17) is 4.74 Å². The molecule has 4 heteroatoms. The second kappa shape index (κ2) is 5.33. The smallest absolute Gasteiger partial charge is 0.311 e. The van der Waals surface area contributed by atoms with Crippen LogP contribution in [0.5, 0.6) is 0 Å². The molecule has 0 spiro atoms. The van der Waals surface area contributed by atoms with Crippen LogP contribution >= 0.6 is 0 Å². The quantitative estimate of drug-likeness (QED) is 0.692. The van der Waals surface area contributed by atoms with Crippen molar-refractivity contribution in [3.05, 3.63) is 0 Å². The fourth-order valence-electron chi connectivity index (χ4n) is 6.40. The van der Waals surface area contributed by atoms with Gasteiger partial charge in [0.15, 0.2) is 0 Å². The molecular formula is C19H27NO3. The van der Waals surface area contributed by atoms with E-state index in [1.807, 2.05) is 6.92 Å². The van der Waals surface area contributed by atoms with E-state index < -0.39 is 10.8 Å². The number of fused-ring (bicyclic) bond motifs is 3. The number of Topliss-reactive ketones (excluding diaryl/α,β-unsaturated/α-hetero) is 1. The highest BCUT2D eigenvalue weighted by molar-refractivity contribution is 5.81. The van der Waals surface area contributed by atoms with Crippen molar-refractivity contribution in [3.63, 3.8) is 0 Å². The molecule has 126 valence electrons. The van der Waals surface area contributed by atoms with E-state index in [9.17, 15) is 14.9 Å². The van der Waals surface area contributed by atoms with Crippen LogP contribution in [0, 0.1) is 39.4 Å². The van der Waals surface area contributed by atoms with Crippen LogP contribution in [0.25, 0.3) is 0 Å². The van der Waals surface area contributed by atoms with Gasteiger partial charge in [-0.25, -0.2) is 0 Å². The highest BCUT2D eigenvalue weighted by Crippen LogP contribution is 2.67. The molecule has 0 unspecified atom stereocenters. The maximum atomic E-state index is 12.5. The number of rotatable bonds is 1. The molecule has 0 aromatic heterocycles. The first-order valence-corrected chi connectivity index (χ1v) is 8.84. The van der Waals surface area contributed by atoms with Gasteiger partial charge in [0.2, 0.25) is 0 Å². The number of hydrogen-bond acceptors (Lipinski definition) is 4. The Morgan fingerprint density at radius 2 is 1.96 bits per heavy atom. The zero-order valence-corrected chi connectivity index (χ0v) is 14.5. The molecule has 23 heavy (non-hydrogen) atoms. The monoisotopic (exact) mass is 317 g/mol. The molecule has 3 aliphatic rings. The molecule has 0 N–H and O–H groups in total. The summed E-state index contributed by atoms with van der Waals surface area (Å²) < 4.78 is 5.13. The maximum absolute atomic E-state index is 12.5. The Kier molecular flexibility index (Phi) is 3.82. The lowest BCUT2D eigenvalue weighted by atomic mass is 9.41. The van der Waals surface area contributed by atoms with Crippen LogP contribution in [0.2, 0.25) is 0 Å². The first kappa shape index (κ1) is 16.5. The van der Waals surface area contributed by atoms with Gasteiger partial charge in [0.05, 0.1) is 24.0 Å². The number of carbonyl (C=O) groups excluding carboxylic acids is 2. The minimum atomic E-state index is -0.505. The molecule has 4 nitrogen and oxygen atoms in total. The predicted molar refractivity (Wildman–Crippen MR) is 85.2 cm³/mol. The molecule has 3 fully saturated rings. The predicted octanol–water partition coefficient (Wildman–Crippen LogP) is 3.65. The molecular weight excluding hydrogens is 290 g/mol. The Bertz CT molecular complexity index is 580. The molecule has 0 saturated heterocycles. The summed E-state index contributed by atoms with van der Waals surface area (Å²) in [6, 6.07) is 2.54. The summed E-state index contributed by atoms with van der Waals surface area (Å²) in [7, 11) is 1.47. The number of methoxy groups -OCH3 is 1. The summed E-state index contributed by atoms with van der Waals surface area (Å²) in [6.45, 7) is 4.32. The van der Waals surface area contributed by atoms with Gasteiger partial charge in [-0.05, 0) is 56.3 Å². The summed E-state index contributed by atoms with van der Waals surface area (Å²) in [4.78, 5) is 24.5. The molecule has 0 bridgehead atoms. The van der Waals surface area contributed by atoms with Crippen LogP contribution in [0.1, 0.15) is 65.2 Å². The summed E-state index contributed by atoms with van der Waals surface area (Å²) in [5.41, 5.74) is -1.00. The third kappa shape index (κ3) is 2.16. The molecule has 3 rings (SSSR count). The van der Waals surface area contributed by atoms with E-state index in [1.165, 1.54) is 7.11 Å². The van der Waals surface area contributed by atoms with Gasteiger partial charge in [-0.2, -0.15) is 5.26 Å². The van der Waals surface area contributed by atoms with Gasteiger partial charge in [0.25, 0.3) is 0 Å². The molecule has 3 aliphatic carbocycles. The summed E-state index contributed by atoms with van der Waals surface area (Å²) in [5.74, 6) is 0.595. The van der Waals surface area contributed by atoms with Crippen molar-refractivity contribution in [3.8, 4) is 6.07 Å². The number of ether oxygens (including phenoxy) is 1. The van der Waals surface area contributed by atoms with Gasteiger partial charge in [0.1, 0.15) is 5.78 Å². The SMILES string of the molecule is COC(=O)[C@]1(C)CCC[C@@]2(C)[C@H]1CC[C@@]1(C#N)CC(=O)CC[C@@H]12. The number of nitrogens with zero attached hydrogens (tertiary/aromatic N) is 1. The van der Waals surface area contributed by atoms with Crippen LogP contribution < -0.4 is 0 Å². The topological polar surface area (TPSA) is 67.2 Å². The van der Waals surface area contributed by atoms with Gasteiger partial charge in [-0.1, -0.05) is 13.3 Å². The van der Waals surface area contributed by atoms with E-state index in [0.29, 0.717) is 12.8 Å². The van der Waals surface area contributed by atoms with Gasteiger partial charge < -0.3 is 4.74 Å². The Morgan fingerprint density at radius 1 is 1.22 bits per heavy atom. The van der Waals surface area contributed by atoms with E-state index >= 15 is 0 Å². The van der Waals surface area contributed by atoms with Crippen molar-refractivity contribution in [1.29, 1.82) is 5.26 Å². The van der Waals surface area contributed by atoms with E-state index in [2.05, 4.69) is 13.0 Å². The van der Waals surface area contributed by atoms with Crippen molar-refractivity contribution in [2.45, 2.75) is 65.2 Å². The Hall–Kier alpha value is -1.37. The van der Waals surface area contributed by atoms with Crippen LogP contribution in [-0.4, -0.2) is 18.9 Å². The Labute approximate surface area is 138 Å². The molecule has 0 amide bonds. The number of hydrogen-bond donors (Lipinski definition) is 0. The fourth-order valence-corrected chi connectivity index (χ4v) is 6.40. The first-order valence-electron chi connectivity index (χ1n) is 8.84. The van der Waals surface area contributed by atoms with Crippen molar-refractivity contribution < 1.29 is 14.3 Å². The van der Waals surface area contributed by atoms with Crippen LogP contribution in [0.3, 0.4) is 0 Å². The Balaban J connectivity index is 2.02. The van der Waals surface area contributed by atoms with E-state index in [1.54, 1.807) is 0 Å². The zero-order valence-electron chi connectivity index (χ0n) is 14.5. The number of ketones is 1. The van der Waals surface area contributed by atoms with Gasteiger partial charge in [0, 0.05) is 12.8 Å². The van der Waals surface area contributed by atoms with Crippen LogP contribution in [0.4, 0.5) is 0 Å². The van der Waals surface area contributed by atoms with Gasteiger partial charge in [-0.3, -0.25) is 9.59 Å². The number of esters is 1. The van der Waals surface area contributed by atoms with Crippen molar-refractivity contribution in [2.75, 3.05) is 7.11 Å². The lowest BCUT2D eigenvalue weighted by Crippen LogP contribution is -2.59. The minimum absolute atomic E-state index is 0.0458. The van der Waals surface area contributed by atoms with Crippen molar-refractivity contribution in [2.24, 2.45) is 28.1 Å². The minimum Gasteiger partial charge on any atom is -0.469 e. The average Bonchev–Trinajstić information content (AvgIpc) is 2.53. The van der Waals surface area contributed by atoms with Crippen LogP contribution in [0.15, 0.2) is 0 Å². The van der Waals surface area contributed by atoms with Crippen molar-refractivity contribution >= 4 is 11.8 Å². The number of carbonyl (C=O) groups is 2. The summed E-state index contributed by atoms with van der Waals surface area (Å²) >= 11 is 0. The molecule has 0 heterocycles. The lowest BCUT2D eigenvalue weighted by Gasteiger charge is -2.62. The molecule has 0 radical (unpaired) electrons. The average molecular weight is 317 g/mol. The molecule has 5 atom stereocenters. The molecule has 0 aromatic rings. The zero-order chi connectivity index (χ0) is 16.9. The highest BCUT2D eigenvalue weighted by atomic mass is 16.5. The maximum Gasteiger partial charge on any atom is 0.311 e. The standard InChI is InChI=1S/C19H27NO3/c1-17-8-4-9-18(2,16(22)23-3)14(17)7-10-19(12-20)11-13(21)5-6-15(17)19/h14-15H,4-11H2,1-3H3/t14-,15-,17+,18-,19+/m1/s1. The summed E-state index contributed by atoms with van der Waals surface area (Å²) in [5, 5.41) is 9.89. The van der Waals surface area contributed by atoms with Gasteiger partial charge in [-0.15, -0.1) is 0 Å². The molecule has 3 saturated carbocycles. The van der Waals surface area contributed by atoms with Gasteiger partial charge >= 0.3 is 5.97 Å². The van der Waals surface area contributed by atoms with Crippen LogP contribution in [-0.2, 0) is 14.3 Å².